The maximum Gasteiger partial charge on any atom is 0.278 e. The number of benzene rings is 1. The fourth-order valence-corrected chi connectivity index (χ4v) is 6.33. The van der Waals surface area contributed by atoms with Gasteiger partial charge < -0.3 is 8.85 Å². The summed E-state index contributed by atoms with van der Waals surface area (Å²) < 4.78 is 12.9. The summed E-state index contributed by atoms with van der Waals surface area (Å²) in [5.41, 5.74) is -0.374. The Morgan fingerprint density at radius 3 is 2.25 bits per heavy atom. The van der Waals surface area contributed by atoms with Crippen LogP contribution in [-0.4, -0.2) is 51.9 Å². The fourth-order valence-electron chi connectivity index (χ4n) is 4.48. The first-order valence-electron chi connectivity index (χ1n) is 11.2. The van der Waals surface area contributed by atoms with E-state index in [0.717, 1.165) is 5.56 Å². The van der Waals surface area contributed by atoms with Gasteiger partial charge in [0.25, 0.3) is 5.91 Å². The van der Waals surface area contributed by atoms with Gasteiger partial charge in [0.15, 0.2) is 20.2 Å². The molecule has 1 aliphatic carbocycles. The zero-order valence-corrected chi connectivity index (χ0v) is 22.5. The first-order chi connectivity index (χ1) is 14.8. The highest BCUT2D eigenvalue weighted by atomic mass is 28.4. The molecule has 1 heterocycles. The van der Waals surface area contributed by atoms with E-state index in [-0.39, 0.29) is 23.7 Å². The van der Waals surface area contributed by atoms with Crippen LogP contribution in [0.15, 0.2) is 42.5 Å². The quantitative estimate of drug-likeness (QED) is 0.434. The van der Waals surface area contributed by atoms with Gasteiger partial charge in [-0.15, -0.1) is 0 Å². The van der Waals surface area contributed by atoms with Gasteiger partial charge in [0, 0.05) is 0 Å². The van der Waals surface area contributed by atoms with Crippen LogP contribution in [0.5, 0.6) is 0 Å². The van der Waals surface area contributed by atoms with Crippen molar-refractivity contribution in [2.24, 2.45) is 11.3 Å². The number of hydrogen-bond donors (Lipinski definition) is 0. The normalized spacial score (nSPS) is 28.5. The highest BCUT2D eigenvalue weighted by molar-refractivity contribution is 6.69. The van der Waals surface area contributed by atoms with Crippen LogP contribution in [0.2, 0.25) is 32.7 Å². The van der Waals surface area contributed by atoms with Crippen molar-refractivity contribution in [2.45, 2.75) is 77.9 Å². The third kappa shape index (κ3) is 4.84. The van der Waals surface area contributed by atoms with Gasteiger partial charge in [-0.2, -0.15) is 0 Å². The number of ketones is 1. The van der Waals surface area contributed by atoms with Crippen LogP contribution >= 0.6 is 0 Å². The number of amides is 1. The second-order valence-electron chi connectivity index (χ2n) is 10.9. The minimum absolute atomic E-state index is 0.0195. The Kier molecular flexibility index (Phi) is 7.03. The third-order valence-electron chi connectivity index (χ3n) is 5.75. The second kappa shape index (κ2) is 8.98. The van der Waals surface area contributed by atoms with Crippen molar-refractivity contribution in [3.8, 4) is 0 Å². The maximum absolute atomic E-state index is 13.3. The SMILES string of the molecule is C[Si](C)OC1C(=O)N(OCc2ccccc2)[C@@]12C=CC(=O)[C@@H](C(C)(C)C)[C@@H]2O[Si](C)(C)C. The fraction of sp³-hybridized carbons (Fsp3) is 0.583. The summed E-state index contributed by atoms with van der Waals surface area (Å²) in [5, 5.41) is 1.42. The van der Waals surface area contributed by atoms with Crippen molar-refractivity contribution in [3.05, 3.63) is 48.0 Å². The molecule has 3 rings (SSSR count). The summed E-state index contributed by atoms with van der Waals surface area (Å²) in [6, 6.07) is 9.73. The molecule has 32 heavy (non-hydrogen) atoms. The molecule has 1 spiro atoms. The van der Waals surface area contributed by atoms with Crippen molar-refractivity contribution in [1.82, 2.24) is 5.06 Å². The molecule has 0 N–H and O–H groups in total. The zero-order chi connectivity index (χ0) is 23.9. The maximum atomic E-state index is 13.3. The summed E-state index contributed by atoms with van der Waals surface area (Å²) in [7, 11) is -3.29. The van der Waals surface area contributed by atoms with E-state index in [9.17, 15) is 9.59 Å². The summed E-state index contributed by atoms with van der Waals surface area (Å²) in [4.78, 5) is 32.5. The monoisotopic (exact) mass is 474 g/mol. The molecule has 1 aliphatic heterocycles. The Morgan fingerprint density at radius 1 is 1.09 bits per heavy atom. The molecular weight excluding hydrogens is 438 g/mol. The molecule has 1 fully saturated rings. The van der Waals surface area contributed by atoms with Crippen molar-refractivity contribution in [3.63, 3.8) is 0 Å². The lowest BCUT2D eigenvalue weighted by Crippen LogP contribution is -2.82. The van der Waals surface area contributed by atoms with Crippen LogP contribution < -0.4 is 0 Å². The third-order valence-corrected chi connectivity index (χ3v) is 7.41. The van der Waals surface area contributed by atoms with E-state index in [2.05, 4.69) is 19.6 Å². The number of hydrogen-bond acceptors (Lipinski definition) is 5. The Morgan fingerprint density at radius 2 is 1.72 bits per heavy atom. The zero-order valence-electron chi connectivity index (χ0n) is 20.5. The van der Waals surface area contributed by atoms with Crippen molar-refractivity contribution >= 4 is 29.0 Å². The minimum atomic E-state index is -2.10. The van der Waals surface area contributed by atoms with Crippen molar-refractivity contribution in [1.29, 1.82) is 0 Å². The summed E-state index contributed by atoms with van der Waals surface area (Å²) in [6.45, 7) is 16.7. The number of nitrogens with zero attached hydrogens (tertiary/aromatic N) is 1. The highest BCUT2D eigenvalue weighted by Crippen LogP contribution is 2.50. The van der Waals surface area contributed by atoms with E-state index in [4.69, 9.17) is 13.7 Å². The molecule has 8 heteroatoms. The first-order valence-corrected chi connectivity index (χ1v) is 17.0. The second-order valence-corrected chi connectivity index (χ2v) is 17.4. The van der Waals surface area contributed by atoms with E-state index < -0.39 is 41.0 Å². The van der Waals surface area contributed by atoms with E-state index in [0.29, 0.717) is 0 Å². The van der Waals surface area contributed by atoms with Crippen molar-refractivity contribution in [2.75, 3.05) is 0 Å². The Labute approximate surface area is 194 Å². The molecule has 1 unspecified atom stereocenters. The predicted molar refractivity (Wildman–Crippen MR) is 128 cm³/mol. The molecule has 2 aliphatic rings. The van der Waals surface area contributed by atoms with E-state index in [1.54, 1.807) is 12.2 Å². The number of carbonyl (C=O) groups excluding carboxylic acids is 2. The van der Waals surface area contributed by atoms with Crippen LogP contribution in [0.25, 0.3) is 0 Å². The molecule has 0 aromatic heterocycles. The van der Waals surface area contributed by atoms with Crippen LogP contribution in [0, 0.1) is 11.3 Å². The molecule has 1 aromatic carbocycles. The van der Waals surface area contributed by atoms with Crippen molar-refractivity contribution < 1.29 is 23.3 Å². The van der Waals surface area contributed by atoms with Gasteiger partial charge in [0.1, 0.15) is 12.1 Å². The van der Waals surface area contributed by atoms with Gasteiger partial charge in [-0.25, -0.2) is 5.06 Å². The van der Waals surface area contributed by atoms with Crippen LogP contribution in [0.4, 0.5) is 0 Å². The minimum Gasteiger partial charge on any atom is -0.411 e. The Hall–Kier alpha value is -1.59. The van der Waals surface area contributed by atoms with Crippen LogP contribution in [0.3, 0.4) is 0 Å². The molecule has 1 amide bonds. The lowest BCUT2D eigenvalue weighted by molar-refractivity contribution is -0.298. The topological polar surface area (TPSA) is 65.1 Å². The lowest BCUT2D eigenvalue weighted by atomic mass is 9.62. The molecule has 1 saturated heterocycles. The molecule has 1 radical (unpaired) electrons. The number of carbonyl (C=O) groups is 2. The van der Waals surface area contributed by atoms with Gasteiger partial charge in [-0.3, -0.25) is 14.4 Å². The van der Waals surface area contributed by atoms with Gasteiger partial charge in [-0.05, 0) is 55.9 Å². The average molecular weight is 475 g/mol. The Balaban J connectivity index is 2.07. The Bertz CT molecular complexity index is 875. The number of allylic oxidation sites excluding steroid dienone is 1. The molecule has 0 bridgehead atoms. The number of β-lactam (4-membered cyclic amide) rings is 1. The van der Waals surface area contributed by atoms with Crippen LogP contribution in [0.1, 0.15) is 26.3 Å². The molecular formula is C24H36NO5Si2. The first kappa shape index (κ1) is 25.0. The largest absolute Gasteiger partial charge is 0.411 e. The van der Waals surface area contributed by atoms with Gasteiger partial charge in [0.2, 0.25) is 9.04 Å². The molecule has 0 saturated carbocycles. The highest BCUT2D eigenvalue weighted by Gasteiger charge is 2.70. The summed E-state index contributed by atoms with van der Waals surface area (Å²) >= 11 is 0. The average Bonchev–Trinajstić information content (AvgIpc) is 2.66. The smallest absolute Gasteiger partial charge is 0.278 e. The summed E-state index contributed by atoms with van der Waals surface area (Å²) in [5.74, 6) is -0.625. The number of rotatable bonds is 7. The van der Waals surface area contributed by atoms with E-state index in [1.165, 1.54) is 5.06 Å². The van der Waals surface area contributed by atoms with Gasteiger partial charge in [-0.1, -0.05) is 51.1 Å². The van der Waals surface area contributed by atoms with Crippen LogP contribution in [-0.2, 0) is 29.9 Å². The molecule has 1 aromatic rings. The van der Waals surface area contributed by atoms with E-state index in [1.807, 2.05) is 64.2 Å². The molecule has 6 nitrogen and oxygen atoms in total. The van der Waals surface area contributed by atoms with Gasteiger partial charge in [0.05, 0.1) is 12.0 Å². The molecule has 4 atom stereocenters. The summed E-state index contributed by atoms with van der Waals surface area (Å²) in [6.07, 6.45) is 2.12. The predicted octanol–water partition coefficient (Wildman–Crippen LogP) is 4.36. The van der Waals surface area contributed by atoms with Gasteiger partial charge >= 0.3 is 0 Å². The standard InChI is InChI=1S/C24H36NO5Si2/c1-23(2,3)19-18(26)14-15-24(20(19)30-32(6,7)8)21(29-31(4)5)22(27)25(24)28-16-17-12-10-9-11-13-17/h9-15,19-21H,16H2,1-8H3/t19-,20+,21?,24-/m1/s1. The lowest BCUT2D eigenvalue weighted by Gasteiger charge is -2.61. The van der Waals surface area contributed by atoms with E-state index >= 15 is 0 Å². The molecule has 175 valence electrons. The number of hydroxylamine groups is 2.